The van der Waals surface area contributed by atoms with E-state index >= 15 is 0 Å². The molecule has 0 unspecified atom stereocenters. The molecule has 0 bridgehead atoms. The second kappa shape index (κ2) is 2.90. The van der Waals surface area contributed by atoms with Crippen LogP contribution in [-0.2, 0) is 0 Å². The Kier molecular flexibility index (Phi) is 1.89. The molecule has 3 heteroatoms. The number of nitrogens with zero attached hydrogens (tertiary/aromatic N) is 2. The molecule has 3 nitrogen and oxygen atoms in total. The molecule has 12 heavy (non-hydrogen) atoms. The van der Waals surface area contributed by atoms with Crippen molar-refractivity contribution in [2.45, 2.75) is 38.3 Å². The summed E-state index contributed by atoms with van der Waals surface area (Å²) < 4.78 is 1.90. The van der Waals surface area contributed by atoms with Crippen LogP contribution in [0.15, 0.2) is 12.4 Å². The predicted molar refractivity (Wildman–Crippen MR) is 45.9 cm³/mol. The van der Waals surface area contributed by atoms with E-state index in [1.54, 1.807) is 0 Å². The molecular weight excluding hydrogens is 152 g/mol. The highest BCUT2D eigenvalue weighted by atomic mass is 16.3. The lowest BCUT2D eigenvalue weighted by atomic mass is 10.2. The van der Waals surface area contributed by atoms with Crippen molar-refractivity contribution in [2.24, 2.45) is 0 Å². The van der Waals surface area contributed by atoms with E-state index in [2.05, 4.69) is 5.10 Å². The molecule has 0 radical (unpaired) electrons. The van der Waals surface area contributed by atoms with E-state index in [9.17, 15) is 5.11 Å². The minimum absolute atomic E-state index is 0.190. The van der Waals surface area contributed by atoms with Gasteiger partial charge in [-0.2, -0.15) is 5.10 Å². The lowest BCUT2D eigenvalue weighted by molar-refractivity contribution is 0.130. The molecule has 2 rings (SSSR count). The minimum Gasteiger partial charge on any atom is -0.391 e. The third kappa shape index (κ3) is 1.25. The summed E-state index contributed by atoms with van der Waals surface area (Å²) in [6.45, 7) is 2.02. The maximum atomic E-state index is 9.59. The van der Waals surface area contributed by atoms with Crippen LogP contribution in [-0.4, -0.2) is 21.0 Å². The number of rotatable bonds is 1. The van der Waals surface area contributed by atoms with Crippen LogP contribution in [0.4, 0.5) is 0 Å². The summed E-state index contributed by atoms with van der Waals surface area (Å²) in [6, 6.07) is 0.221. The summed E-state index contributed by atoms with van der Waals surface area (Å²) >= 11 is 0. The van der Waals surface area contributed by atoms with Gasteiger partial charge < -0.3 is 5.11 Å². The van der Waals surface area contributed by atoms with Gasteiger partial charge in [0.1, 0.15) is 0 Å². The summed E-state index contributed by atoms with van der Waals surface area (Å²) in [4.78, 5) is 0. The quantitative estimate of drug-likeness (QED) is 0.682. The van der Waals surface area contributed by atoms with Gasteiger partial charge in [-0.1, -0.05) is 0 Å². The first-order valence-corrected chi connectivity index (χ1v) is 4.46. The van der Waals surface area contributed by atoms with Gasteiger partial charge in [0.2, 0.25) is 0 Å². The maximum absolute atomic E-state index is 9.59. The van der Waals surface area contributed by atoms with Crippen LogP contribution in [0.3, 0.4) is 0 Å². The van der Waals surface area contributed by atoms with Crippen LogP contribution in [0.5, 0.6) is 0 Å². The van der Waals surface area contributed by atoms with Gasteiger partial charge >= 0.3 is 0 Å². The molecule has 0 saturated heterocycles. The van der Waals surface area contributed by atoms with E-state index < -0.39 is 0 Å². The molecule has 1 aromatic heterocycles. The van der Waals surface area contributed by atoms with Crippen molar-refractivity contribution in [1.82, 2.24) is 9.78 Å². The van der Waals surface area contributed by atoms with E-state index in [0.29, 0.717) is 0 Å². The third-order valence-electron chi connectivity index (χ3n) is 2.51. The first-order chi connectivity index (χ1) is 5.77. The van der Waals surface area contributed by atoms with Crippen molar-refractivity contribution < 1.29 is 5.11 Å². The molecule has 0 spiro atoms. The SMILES string of the molecule is Cc1cnn([C@H]2CCC[C@@H]2O)c1. The average molecular weight is 166 g/mol. The average Bonchev–Trinajstić information content (AvgIpc) is 2.58. The van der Waals surface area contributed by atoms with Gasteiger partial charge in [0.15, 0.2) is 0 Å². The van der Waals surface area contributed by atoms with Crippen LogP contribution in [0.2, 0.25) is 0 Å². The topological polar surface area (TPSA) is 38.0 Å². The van der Waals surface area contributed by atoms with Crippen LogP contribution >= 0.6 is 0 Å². The largest absolute Gasteiger partial charge is 0.391 e. The van der Waals surface area contributed by atoms with Crippen LogP contribution in [0.1, 0.15) is 30.9 Å². The first kappa shape index (κ1) is 7.80. The lowest BCUT2D eigenvalue weighted by Gasteiger charge is -2.14. The fourth-order valence-electron chi connectivity index (χ4n) is 1.84. The van der Waals surface area contributed by atoms with Crippen molar-refractivity contribution in [1.29, 1.82) is 0 Å². The zero-order valence-corrected chi connectivity index (χ0v) is 7.27. The van der Waals surface area contributed by atoms with Crippen LogP contribution in [0, 0.1) is 6.92 Å². The van der Waals surface area contributed by atoms with Gasteiger partial charge in [-0.25, -0.2) is 0 Å². The van der Waals surface area contributed by atoms with E-state index in [1.807, 2.05) is 24.0 Å². The fraction of sp³-hybridized carbons (Fsp3) is 0.667. The highest BCUT2D eigenvalue weighted by Gasteiger charge is 2.26. The molecule has 1 heterocycles. The standard InChI is InChI=1S/C9H14N2O/c1-7-5-10-11(6-7)8-3-2-4-9(8)12/h5-6,8-9,12H,2-4H2,1H3/t8-,9-/m0/s1. The molecule has 2 atom stereocenters. The molecule has 0 aliphatic heterocycles. The molecule has 0 amide bonds. The van der Waals surface area contributed by atoms with Gasteiger partial charge in [-0.3, -0.25) is 4.68 Å². The van der Waals surface area contributed by atoms with Crippen molar-refractivity contribution in [3.63, 3.8) is 0 Å². The Morgan fingerprint density at radius 3 is 2.92 bits per heavy atom. The second-order valence-electron chi connectivity index (χ2n) is 3.56. The molecule has 1 aliphatic carbocycles. The molecule has 1 aliphatic rings. The minimum atomic E-state index is -0.190. The zero-order valence-electron chi connectivity index (χ0n) is 7.27. The Morgan fingerprint density at radius 2 is 2.42 bits per heavy atom. The zero-order chi connectivity index (χ0) is 8.55. The second-order valence-corrected chi connectivity index (χ2v) is 3.56. The van der Waals surface area contributed by atoms with Crippen LogP contribution < -0.4 is 0 Å². The Labute approximate surface area is 72.0 Å². The number of aryl methyl sites for hydroxylation is 1. The predicted octanol–water partition coefficient (Wildman–Crippen LogP) is 1.28. The highest BCUT2D eigenvalue weighted by molar-refractivity contribution is 5.01. The van der Waals surface area contributed by atoms with Crippen molar-refractivity contribution >= 4 is 0 Å². The Bertz CT molecular complexity index is 269. The first-order valence-electron chi connectivity index (χ1n) is 4.46. The molecule has 1 N–H and O–H groups in total. The highest BCUT2D eigenvalue weighted by Crippen LogP contribution is 2.29. The smallest absolute Gasteiger partial charge is 0.0778 e. The molecule has 1 saturated carbocycles. The number of hydrogen-bond acceptors (Lipinski definition) is 2. The van der Waals surface area contributed by atoms with E-state index in [1.165, 1.54) is 0 Å². The summed E-state index contributed by atoms with van der Waals surface area (Å²) in [7, 11) is 0. The number of aliphatic hydroxyl groups excluding tert-OH is 1. The van der Waals surface area contributed by atoms with Gasteiger partial charge in [-0.05, 0) is 31.7 Å². The number of hydrogen-bond donors (Lipinski definition) is 1. The normalized spacial score (nSPS) is 29.5. The van der Waals surface area contributed by atoms with Gasteiger partial charge in [-0.15, -0.1) is 0 Å². The van der Waals surface area contributed by atoms with Crippen molar-refractivity contribution in [3.8, 4) is 0 Å². The van der Waals surface area contributed by atoms with E-state index in [0.717, 1.165) is 24.8 Å². The summed E-state index contributed by atoms with van der Waals surface area (Å²) in [5.41, 5.74) is 1.16. The van der Waals surface area contributed by atoms with Gasteiger partial charge in [0.05, 0.1) is 18.3 Å². The maximum Gasteiger partial charge on any atom is 0.0778 e. The van der Waals surface area contributed by atoms with Crippen molar-refractivity contribution in [3.05, 3.63) is 18.0 Å². The summed E-state index contributed by atoms with van der Waals surface area (Å²) in [6.07, 6.45) is 6.74. The van der Waals surface area contributed by atoms with E-state index in [4.69, 9.17) is 0 Å². The van der Waals surface area contributed by atoms with Gasteiger partial charge in [0.25, 0.3) is 0 Å². The third-order valence-corrected chi connectivity index (χ3v) is 2.51. The monoisotopic (exact) mass is 166 g/mol. The Balaban J connectivity index is 2.19. The summed E-state index contributed by atoms with van der Waals surface area (Å²) in [5.74, 6) is 0. The Hall–Kier alpha value is -0.830. The molecule has 66 valence electrons. The van der Waals surface area contributed by atoms with Gasteiger partial charge in [0, 0.05) is 6.20 Å². The number of aromatic nitrogens is 2. The summed E-state index contributed by atoms with van der Waals surface area (Å²) in [5, 5.41) is 13.8. The molecule has 0 aromatic carbocycles. The fourth-order valence-corrected chi connectivity index (χ4v) is 1.84. The number of aliphatic hydroxyl groups is 1. The van der Waals surface area contributed by atoms with E-state index in [-0.39, 0.29) is 12.1 Å². The van der Waals surface area contributed by atoms with Crippen molar-refractivity contribution in [2.75, 3.05) is 0 Å². The molecule has 1 aromatic rings. The lowest BCUT2D eigenvalue weighted by Crippen LogP contribution is -2.18. The Morgan fingerprint density at radius 1 is 1.58 bits per heavy atom. The molecule has 1 fully saturated rings. The van der Waals surface area contributed by atoms with Crippen LogP contribution in [0.25, 0.3) is 0 Å². The molecular formula is C9H14N2O.